The van der Waals surface area contributed by atoms with Gasteiger partial charge in [0.2, 0.25) is 10.0 Å². The predicted molar refractivity (Wildman–Crippen MR) is 79.1 cm³/mol. The highest BCUT2D eigenvalue weighted by atomic mass is 32.2. The Balaban J connectivity index is 1.82. The van der Waals surface area contributed by atoms with Crippen molar-refractivity contribution >= 4 is 20.9 Å². The number of nitrogens with two attached hydrogens (primary N) is 1. The Morgan fingerprint density at radius 1 is 1.10 bits per heavy atom. The molecule has 0 aliphatic carbocycles. The minimum absolute atomic E-state index is 0.0306. The summed E-state index contributed by atoms with van der Waals surface area (Å²) in [6.45, 7) is 0.542. The molecule has 0 amide bonds. The molecule has 0 saturated heterocycles. The third-order valence-electron chi connectivity index (χ3n) is 2.93. The number of sulfonamides is 1. The number of aromatic nitrogens is 1. The van der Waals surface area contributed by atoms with Crippen molar-refractivity contribution in [3.05, 3.63) is 36.5 Å². The van der Waals surface area contributed by atoms with E-state index in [-0.39, 0.29) is 5.75 Å². The van der Waals surface area contributed by atoms with E-state index in [2.05, 4.69) is 4.98 Å². The number of nitrogens with zero attached hydrogens (tertiary/aromatic N) is 1. The van der Waals surface area contributed by atoms with Crippen molar-refractivity contribution in [3.8, 4) is 5.75 Å². The van der Waals surface area contributed by atoms with Crippen molar-refractivity contribution in [3.63, 3.8) is 0 Å². The van der Waals surface area contributed by atoms with Gasteiger partial charge in [-0.05, 0) is 31.4 Å². The van der Waals surface area contributed by atoms with Crippen LogP contribution in [0.1, 0.15) is 19.3 Å². The first-order chi connectivity index (χ1) is 9.56. The number of para-hydroxylation sites is 1. The van der Waals surface area contributed by atoms with Crippen LogP contribution in [0.25, 0.3) is 10.9 Å². The van der Waals surface area contributed by atoms with Gasteiger partial charge in [-0.15, -0.1) is 0 Å². The Morgan fingerprint density at radius 2 is 1.90 bits per heavy atom. The first-order valence-corrected chi connectivity index (χ1v) is 8.25. The van der Waals surface area contributed by atoms with E-state index in [1.807, 2.05) is 30.3 Å². The van der Waals surface area contributed by atoms with Gasteiger partial charge in [-0.2, -0.15) is 0 Å². The summed E-state index contributed by atoms with van der Waals surface area (Å²) in [6.07, 6.45) is 3.87. The molecule has 1 aromatic carbocycles. The molecule has 0 saturated carbocycles. The molecule has 0 fully saturated rings. The maximum atomic E-state index is 10.8. The van der Waals surface area contributed by atoms with E-state index in [1.165, 1.54) is 0 Å². The molecule has 108 valence electrons. The molecule has 6 heteroatoms. The standard InChI is InChI=1S/C14H18N2O3S/c15-20(17,18)11-3-1-2-10-19-13-8-4-6-12-7-5-9-16-14(12)13/h4-9H,1-3,10-11H2,(H2,15,17,18). The summed E-state index contributed by atoms with van der Waals surface area (Å²) < 4.78 is 27.2. The van der Waals surface area contributed by atoms with Crippen molar-refractivity contribution in [2.75, 3.05) is 12.4 Å². The van der Waals surface area contributed by atoms with Crippen LogP contribution in [-0.2, 0) is 10.0 Å². The minimum Gasteiger partial charge on any atom is -0.491 e. The van der Waals surface area contributed by atoms with Crippen LogP contribution >= 0.6 is 0 Å². The number of hydrogen-bond acceptors (Lipinski definition) is 4. The zero-order valence-electron chi connectivity index (χ0n) is 11.2. The Morgan fingerprint density at radius 3 is 2.70 bits per heavy atom. The zero-order valence-corrected chi connectivity index (χ0v) is 12.0. The van der Waals surface area contributed by atoms with Gasteiger partial charge in [0.15, 0.2) is 0 Å². The third-order valence-corrected chi connectivity index (χ3v) is 3.78. The number of primary sulfonamides is 1. The lowest BCUT2D eigenvalue weighted by Gasteiger charge is -2.08. The summed E-state index contributed by atoms with van der Waals surface area (Å²) in [5.74, 6) is 0.789. The molecule has 2 rings (SSSR count). The van der Waals surface area contributed by atoms with E-state index in [9.17, 15) is 8.42 Å². The van der Waals surface area contributed by atoms with Crippen molar-refractivity contribution < 1.29 is 13.2 Å². The smallest absolute Gasteiger partial charge is 0.209 e. The average Bonchev–Trinajstić information content (AvgIpc) is 2.41. The van der Waals surface area contributed by atoms with Crippen LogP contribution < -0.4 is 9.88 Å². The van der Waals surface area contributed by atoms with Crippen LogP contribution in [0.3, 0.4) is 0 Å². The fraction of sp³-hybridized carbons (Fsp3) is 0.357. The van der Waals surface area contributed by atoms with Crippen molar-refractivity contribution in [2.24, 2.45) is 5.14 Å². The van der Waals surface area contributed by atoms with Crippen LogP contribution in [0.4, 0.5) is 0 Å². The molecule has 2 aromatic rings. The normalized spacial score (nSPS) is 11.7. The molecular weight excluding hydrogens is 276 g/mol. The Kier molecular flexibility index (Phi) is 4.92. The molecule has 0 spiro atoms. The van der Waals surface area contributed by atoms with Gasteiger partial charge in [0.25, 0.3) is 0 Å². The molecule has 1 heterocycles. The Labute approximate surface area is 118 Å². The maximum absolute atomic E-state index is 10.8. The second-order valence-corrected chi connectivity index (χ2v) is 6.34. The van der Waals surface area contributed by atoms with Crippen LogP contribution in [0.2, 0.25) is 0 Å². The minimum atomic E-state index is -3.34. The SMILES string of the molecule is NS(=O)(=O)CCCCCOc1cccc2cccnc12. The highest BCUT2D eigenvalue weighted by Gasteiger charge is 2.04. The molecule has 1 aromatic heterocycles. The topological polar surface area (TPSA) is 82.3 Å². The summed E-state index contributed by atoms with van der Waals surface area (Å²) in [6, 6.07) is 9.68. The number of benzene rings is 1. The number of pyridine rings is 1. The summed E-state index contributed by atoms with van der Waals surface area (Å²) in [5.41, 5.74) is 0.847. The summed E-state index contributed by atoms with van der Waals surface area (Å²) >= 11 is 0. The monoisotopic (exact) mass is 294 g/mol. The fourth-order valence-electron chi connectivity index (χ4n) is 1.96. The number of rotatable bonds is 7. The van der Waals surface area contributed by atoms with Crippen molar-refractivity contribution in [1.29, 1.82) is 0 Å². The molecule has 5 nitrogen and oxygen atoms in total. The molecule has 20 heavy (non-hydrogen) atoms. The van der Waals surface area contributed by atoms with Crippen LogP contribution in [0.15, 0.2) is 36.5 Å². The van der Waals surface area contributed by atoms with Crippen molar-refractivity contribution in [1.82, 2.24) is 4.98 Å². The lowest BCUT2D eigenvalue weighted by molar-refractivity contribution is 0.309. The second-order valence-electron chi connectivity index (χ2n) is 4.61. The van der Waals surface area contributed by atoms with Crippen molar-refractivity contribution in [2.45, 2.75) is 19.3 Å². The van der Waals surface area contributed by atoms with Gasteiger partial charge in [0, 0.05) is 11.6 Å². The van der Waals surface area contributed by atoms with Crippen LogP contribution in [0, 0.1) is 0 Å². The third kappa shape index (κ3) is 4.47. The summed E-state index contributed by atoms with van der Waals surface area (Å²) in [4.78, 5) is 4.31. The molecule has 2 N–H and O–H groups in total. The van der Waals surface area contributed by atoms with Gasteiger partial charge in [0.1, 0.15) is 11.3 Å². The fourth-order valence-corrected chi connectivity index (χ4v) is 2.56. The van der Waals surface area contributed by atoms with E-state index in [0.29, 0.717) is 13.0 Å². The van der Waals surface area contributed by atoms with Gasteiger partial charge in [-0.25, -0.2) is 13.6 Å². The Bertz CT molecular complexity index is 666. The molecule has 0 atom stereocenters. The van der Waals surface area contributed by atoms with Crippen LogP contribution in [0.5, 0.6) is 5.75 Å². The first-order valence-electron chi connectivity index (χ1n) is 6.53. The number of ether oxygens (including phenoxy) is 1. The average molecular weight is 294 g/mol. The Hall–Kier alpha value is -1.66. The first kappa shape index (κ1) is 14.7. The lowest BCUT2D eigenvalue weighted by Crippen LogP contribution is -2.16. The highest BCUT2D eigenvalue weighted by molar-refractivity contribution is 7.89. The maximum Gasteiger partial charge on any atom is 0.209 e. The van der Waals surface area contributed by atoms with E-state index in [4.69, 9.17) is 9.88 Å². The van der Waals surface area contributed by atoms with E-state index >= 15 is 0 Å². The van der Waals surface area contributed by atoms with E-state index in [0.717, 1.165) is 29.5 Å². The molecule has 0 aliphatic heterocycles. The quantitative estimate of drug-likeness (QED) is 0.792. The highest BCUT2D eigenvalue weighted by Crippen LogP contribution is 2.23. The predicted octanol–water partition coefficient (Wildman–Crippen LogP) is 2.07. The van der Waals surface area contributed by atoms with Crippen LogP contribution in [-0.4, -0.2) is 25.8 Å². The number of fused-ring (bicyclic) bond motifs is 1. The van der Waals surface area contributed by atoms with Gasteiger partial charge < -0.3 is 4.74 Å². The molecule has 0 bridgehead atoms. The second kappa shape index (κ2) is 6.67. The van der Waals surface area contributed by atoms with Gasteiger partial charge in [-0.1, -0.05) is 18.2 Å². The lowest BCUT2D eigenvalue weighted by atomic mass is 10.2. The summed E-state index contributed by atoms with van der Waals surface area (Å²) in [7, 11) is -3.34. The van der Waals surface area contributed by atoms with Gasteiger partial charge in [0.05, 0.1) is 12.4 Å². The molecule has 0 aliphatic rings. The number of unbranched alkanes of at least 4 members (excludes halogenated alkanes) is 2. The van der Waals surface area contributed by atoms with E-state index in [1.54, 1.807) is 6.20 Å². The molecular formula is C14H18N2O3S. The van der Waals surface area contributed by atoms with Gasteiger partial charge >= 0.3 is 0 Å². The summed E-state index contributed by atoms with van der Waals surface area (Å²) in [5, 5.41) is 5.98. The molecule has 0 radical (unpaired) electrons. The molecule has 0 unspecified atom stereocenters. The zero-order chi connectivity index (χ0) is 14.4. The van der Waals surface area contributed by atoms with Gasteiger partial charge in [-0.3, -0.25) is 4.98 Å². The largest absolute Gasteiger partial charge is 0.491 e. The number of hydrogen-bond donors (Lipinski definition) is 1. The van der Waals surface area contributed by atoms with E-state index < -0.39 is 10.0 Å².